The minimum absolute atomic E-state index is 0.404. The zero-order valence-electron chi connectivity index (χ0n) is 7.49. The van der Waals surface area contributed by atoms with Crippen LogP contribution in [-0.4, -0.2) is 29.0 Å². The second kappa shape index (κ2) is 4.13. The Kier molecular flexibility index (Phi) is 3.13. The summed E-state index contributed by atoms with van der Waals surface area (Å²) >= 11 is 0. The lowest BCUT2D eigenvalue weighted by Crippen LogP contribution is -2.13. The molecule has 0 aliphatic heterocycles. The highest BCUT2D eigenvalue weighted by Crippen LogP contribution is 1.97. The highest BCUT2D eigenvalue weighted by atomic mass is 15.1. The van der Waals surface area contributed by atoms with Crippen LogP contribution >= 0.6 is 0 Å². The van der Waals surface area contributed by atoms with E-state index in [1.807, 2.05) is 20.2 Å². The second-order valence-corrected chi connectivity index (χ2v) is 2.91. The lowest BCUT2D eigenvalue weighted by Gasteiger charge is -2.08. The quantitative estimate of drug-likeness (QED) is 0.686. The molecule has 4 nitrogen and oxygen atoms in total. The minimum Gasteiger partial charge on any atom is -0.324 e. The van der Waals surface area contributed by atoms with Gasteiger partial charge in [0.25, 0.3) is 0 Å². The lowest BCUT2D eigenvalue weighted by molar-refractivity contribution is 0.396. The van der Waals surface area contributed by atoms with E-state index in [9.17, 15) is 0 Å². The summed E-state index contributed by atoms with van der Waals surface area (Å²) in [7, 11) is 4.01. The third kappa shape index (κ3) is 2.56. The fraction of sp³-hybridized carbons (Fsp3) is 0.500. The molecule has 0 atom stereocenters. The first-order valence-electron chi connectivity index (χ1n) is 3.88. The molecule has 1 aromatic heterocycles. The maximum Gasteiger partial charge on any atom is 0.142 e. The number of rotatable bonds is 3. The van der Waals surface area contributed by atoms with Crippen molar-refractivity contribution in [2.75, 3.05) is 14.1 Å². The highest BCUT2D eigenvalue weighted by molar-refractivity contribution is 5.01. The summed E-state index contributed by atoms with van der Waals surface area (Å²) < 4.78 is 0. The molecule has 66 valence electrons. The van der Waals surface area contributed by atoms with Crippen molar-refractivity contribution in [2.45, 2.75) is 13.1 Å². The van der Waals surface area contributed by atoms with Gasteiger partial charge < -0.3 is 10.6 Å². The zero-order chi connectivity index (χ0) is 8.97. The van der Waals surface area contributed by atoms with Gasteiger partial charge in [-0.25, -0.2) is 9.97 Å². The van der Waals surface area contributed by atoms with Gasteiger partial charge in [-0.1, -0.05) is 0 Å². The molecule has 0 saturated heterocycles. The van der Waals surface area contributed by atoms with E-state index in [0.717, 1.165) is 12.2 Å². The molecule has 1 heterocycles. The summed E-state index contributed by atoms with van der Waals surface area (Å²) in [5, 5.41) is 0. The van der Waals surface area contributed by atoms with Gasteiger partial charge >= 0.3 is 0 Å². The van der Waals surface area contributed by atoms with Crippen LogP contribution in [0.25, 0.3) is 0 Å². The molecule has 0 aliphatic rings. The van der Waals surface area contributed by atoms with Gasteiger partial charge in [0.05, 0.1) is 12.2 Å². The second-order valence-electron chi connectivity index (χ2n) is 2.91. The van der Waals surface area contributed by atoms with Gasteiger partial charge in [-0.15, -0.1) is 0 Å². The van der Waals surface area contributed by atoms with Crippen LogP contribution in [0.4, 0.5) is 0 Å². The van der Waals surface area contributed by atoms with Crippen LogP contribution < -0.4 is 5.73 Å². The Bertz CT molecular complexity index is 247. The van der Waals surface area contributed by atoms with E-state index < -0.39 is 0 Å². The van der Waals surface area contributed by atoms with Crippen molar-refractivity contribution < 1.29 is 0 Å². The van der Waals surface area contributed by atoms with Crippen LogP contribution in [-0.2, 0) is 13.1 Å². The van der Waals surface area contributed by atoms with Crippen molar-refractivity contribution in [2.24, 2.45) is 5.73 Å². The Hall–Kier alpha value is -1.00. The molecule has 12 heavy (non-hydrogen) atoms. The number of nitrogens with zero attached hydrogens (tertiary/aromatic N) is 3. The smallest absolute Gasteiger partial charge is 0.142 e. The zero-order valence-corrected chi connectivity index (χ0v) is 7.49. The van der Waals surface area contributed by atoms with E-state index in [1.165, 1.54) is 0 Å². The van der Waals surface area contributed by atoms with E-state index in [-0.39, 0.29) is 0 Å². The largest absolute Gasteiger partial charge is 0.324 e. The molecule has 0 amide bonds. The maximum absolute atomic E-state index is 5.41. The third-order valence-corrected chi connectivity index (χ3v) is 1.42. The summed E-state index contributed by atoms with van der Waals surface area (Å²) in [4.78, 5) is 10.3. The first kappa shape index (κ1) is 9.09. The molecule has 0 bridgehead atoms. The van der Waals surface area contributed by atoms with E-state index in [4.69, 9.17) is 5.73 Å². The topological polar surface area (TPSA) is 55.0 Å². The van der Waals surface area contributed by atoms with Crippen LogP contribution in [0, 0.1) is 0 Å². The number of aromatic nitrogens is 2. The summed E-state index contributed by atoms with van der Waals surface area (Å²) in [6, 6.07) is 1.90. The van der Waals surface area contributed by atoms with Crippen molar-refractivity contribution >= 4 is 0 Å². The van der Waals surface area contributed by atoms with E-state index >= 15 is 0 Å². The Labute approximate surface area is 72.4 Å². The lowest BCUT2D eigenvalue weighted by atomic mass is 10.4. The molecule has 0 saturated carbocycles. The first-order chi connectivity index (χ1) is 5.72. The normalized spacial score (nSPS) is 10.7. The molecule has 0 aliphatic carbocycles. The van der Waals surface area contributed by atoms with Gasteiger partial charge in [0.1, 0.15) is 5.82 Å². The van der Waals surface area contributed by atoms with Gasteiger partial charge in [-0.2, -0.15) is 0 Å². The van der Waals surface area contributed by atoms with Crippen molar-refractivity contribution in [1.29, 1.82) is 0 Å². The average molecular weight is 166 g/mol. The molecule has 0 fully saturated rings. The van der Waals surface area contributed by atoms with Gasteiger partial charge in [-0.3, -0.25) is 0 Å². The number of hydrogen-bond acceptors (Lipinski definition) is 4. The molecule has 4 heteroatoms. The van der Waals surface area contributed by atoms with Crippen molar-refractivity contribution in [1.82, 2.24) is 14.9 Å². The molecule has 1 aromatic rings. The van der Waals surface area contributed by atoms with Gasteiger partial charge in [-0.05, 0) is 20.2 Å². The van der Waals surface area contributed by atoms with Gasteiger partial charge in [0.15, 0.2) is 0 Å². The fourth-order valence-electron chi connectivity index (χ4n) is 0.952. The predicted octanol–water partition coefficient (Wildman–Crippen LogP) is -0.00310. The van der Waals surface area contributed by atoms with Crippen LogP contribution in [0.5, 0.6) is 0 Å². The monoisotopic (exact) mass is 166 g/mol. The Balaban J connectivity index is 2.72. The number of nitrogens with two attached hydrogens (primary N) is 1. The molecule has 0 radical (unpaired) electrons. The summed E-state index contributed by atoms with van der Waals surface area (Å²) in [5.74, 6) is 0.703. The summed E-state index contributed by atoms with van der Waals surface area (Å²) in [5.41, 5.74) is 6.42. The van der Waals surface area contributed by atoms with Crippen molar-refractivity contribution in [3.8, 4) is 0 Å². The van der Waals surface area contributed by atoms with Crippen LogP contribution in [0.2, 0.25) is 0 Å². The standard InChI is InChI=1S/C8H14N4/c1-12(2)6-7-3-4-10-8(5-9)11-7/h3-4H,5-6,9H2,1-2H3. The fourth-order valence-corrected chi connectivity index (χ4v) is 0.952. The molecular weight excluding hydrogens is 152 g/mol. The maximum atomic E-state index is 5.41. The average Bonchev–Trinajstić information content (AvgIpc) is 2.03. The van der Waals surface area contributed by atoms with Crippen LogP contribution in [0.1, 0.15) is 11.5 Å². The molecule has 1 rings (SSSR count). The molecule has 2 N–H and O–H groups in total. The Morgan fingerprint density at radius 2 is 2.25 bits per heavy atom. The van der Waals surface area contributed by atoms with Gasteiger partial charge in [0.2, 0.25) is 0 Å². The van der Waals surface area contributed by atoms with Crippen molar-refractivity contribution in [3.05, 3.63) is 23.8 Å². The van der Waals surface area contributed by atoms with Crippen LogP contribution in [0.3, 0.4) is 0 Å². The summed E-state index contributed by atoms with van der Waals surface area (Å²) in [6.45, 7) is 1.23. The molecular formula is C8H14N4. The van der Waals surface area contributed by atoms with Crippen molar-refractivity contribution in [3.63, 3.8) is 0 Å². The third-order valence-electron chi connectivity index (χ3n) is 1.42. The summed E-state index contributed by atoms with van der Waals surface area (Å²) in [6.07, 6.45) is 1.74. The predicted molar refractivity (Wildman–Crippen MR) is 47.3 cm³/mol. The minimum atomic E-state index is 0.404. The molecule has 0 aromatic carbocycles. The molecule has 0 unspecified atom stereocenters. The van der Waals surface area contributed by atoms with E-state index in [1.54, 1.807) is 6.20 Å². The van der Waals surface area contributed by atoms with Gasteiger partial charge in [0, 0.05) is 12.7 Å². The first-order valence-corrected chi connectivity index (χ1v) is 3.88. The Morgan fingerprint density at radius 3 is 2.83 bits per heavy atom. The van der Waals surface area contributed by atoms with E-state index in [2.05, 4.69) is 14.9 Å². The van der Waals surface area contributed by atoms with Crippen LogP contribution in [0.15, 0.2) is 12.3 Å². The highest BCUT2D eigenvalue weighted by Gasteiger charge is 1.98. The number of hydrogen-bond donors (Lipinski definition) is 1. The molecule has 0 spiro atoms. The Morgan fingerprint density at radius 1 is 1.50 bits per heavy atom. The van der Waals surface area contributed by atoms with E-state index in [0.29, 0.717) is 12.4 Å². The SMILES string of the molecule is CN(C)Cc1ccnc(CN)n1.